The normalized spacial score (nSPS) is 12.3. The highest BCUT2D eigenvalue weighted by molar-refractivity contribution is 7.99. The van der Waals surface area contributed by atoms with Gasteiger partial charge in [0, 0.05) is 11.1 Å². The molecule has 0 aliphatic carbocycles. The lowest BCUT2D eigenvalue weighted by atomic mass is 10.1. The van der Waals surface area contributed by atoms with Gasteiger partial charge >= 0.3 is 0 Å². The van der Waals surface area contributed by atoms with Crippen LogP contribution in [-0.2, 0) is 0 Å². The Hall–Kier alpha value is -2.93. The molecule has 1 atom stereocenters. The van der Waals surface area contributed by atoms with Gasteiger partial charge in [-0.3, -0.25) is 0 Å². The largest absolute Gasteiger partial charge is 0.419 e. The molecule has 0 saturated carbocycles. The third-order valence-corrected chi connectivity index (χ3v) is 4.88. The number of nitrogens with zero attached hydrogens (tertiary/aromatic N) is 4. The molecule has 0 spiro atoms. The van der Waals surface area contributed by atoms with Gasteiger partial charge in [0.1, 0.15) is 0 Å². The van der Waals surface area contributed by atoms with E-state index in [-0.39, 0.29) is 5.25 Å². The van der Waals surface area contributed by atoms with E-state index in [0.717, 1.165) is 22.3 Å². The first kappa shape index (κ1) is 17.5. The van der Waals surface area contributed by atoms with Gasteiger partial charge in [-0.2, -0.15) is 0 Å². The molecule has 4 aromatic rings. The van der Waals surface area contributed by atoms with Crippen molar-refractivity contribution in [2.24, 2.45) is 0 Å². The summed E-state index contributed by atoms with van der Waals surface area (Å²) in [7, 11) is 0. The molecule has 0 N–H and O–H groups in total. The summed E-state index contributed by atoms with van der Waals surface area (Å²) in [5.74, 6) is 1.52. The number of benzene rings is 2. The summed E-state index contributed by atoms with van der Waals surface area (Å²) in [4.78, 5) is 0. The lowest BCUT2D eigenvalue weighted by Crippen LogP contribution is -1.88. The number of thioether (sulfide) groups is 1. The number of aromatic nitrogens is 4. The molecular weight excluding hydrogens is 360 g/mol. The summed E-state index contributed by atoms with van der Waals surface area (Å²) in [6, 6.07) is 15.9. The Balaban J connectivity index is 1.50. The predicted molar refractivity (Wildman–Crippen MR) is 103 cm³/mol. The summed E-state index contributed by atoms with van der Waals surface area (Å²) in [5.41, 5.74) is 4.13. The molecule has 0 aliphatic rings. The van der Waals surface area contributed by atoms with Crippen molar-refractivity contribution in [3.05, 3.63) is 65.5 Å². The molecule has 0 aliphatic heterocycles. The van der Waals surface area contributed by atoms with Crippen LogP contribution in [0, 0.1) is 13.8 Å². The molecule has 0 radical (unpaired) electrons. The summed E-state index contributed by atoms with van der Waals surface area (Å²) < 4.78 is 11.6. The van der Waals surface area contributed by atoms with Crippen LogP contribution in [0.1, 0.15) is 29.2 Å². The number of aryl methyl sites for hydroxylation is 2. The van der Waals surface area contributed by atoms with Crippen molar-refractivity contribution in [3.8, 4) is 22.9 Å². The van der Waals surface area contributed by atoms with Crippen molar-refractivity contribution in [2.45, 2.75) is 31.2 Å². The van der Waals surface area contributed by atoms with E-state index in [4.69, 9.17) is 8.83 Å². The number of hydrogen-bond donors (Lipinski definition) is 0. The zero-order valence-corrected chi connectivity index (χ0v) is 16.0. The summed E-state index contributed by atoms with van der Waals surface area (Å²) >= 11 is 1.39. The molecule has 4 rings (SSSR count). The molecule has 0 saturated heterocycles. The van der Waals surface area contributed by atoms with Crippen molar-refractivity contribution in [2.75, 3.05) is 0 Å². The van der Waals surface area contributed by atoms with Gasteiger partial charge in [-0.15, -0.1) is 20.4 Å². The second kappa shape index (κ2) is 7.36. The van der Waals surface area contributed by atoms with E-state index in [1.807, 2.05) is 63.2 Å². The Bertz CT molecular complexity index is 1040. The van der Waals surface area contributed by atoms with Crippen LogP contribution in [0.3, 0.4) is 0 Å². The maximum Gasteiger partial charge on any atom is 0.277 e. The van der Waals surface area contributed by atoms with Gasteiger partial charge in [-0.05, 0) is 45.0 Å². The van der Waals surface area contributed by atoms with Crippen molar-refractivity contribution >= 4 is 11.8 Å². The minimum Gasteiger partial charge on any atom is -0.419 e. The summed E-state index contributed by atoms with van der Waals surface area (Å²) in [5, 5.41) is 16.9. The van der Waals surface area contributed by atoms with Crippen LogP contribution >= 0.6 is 11.8 Å². The van der Waals surface area contributed by atoms with Crippen molar-refractivity contribution in [3.63, 3.8) is 0 Å². The quantitative estimate of drug-likeness (QED) is 0.438. The van der Waals surface area contributed by atoms with Crippen LogP contribution in [0.2, 0.25) is 0 Å². The molecular formula is C20H18N4O2S. The molecule has 2 aromatic carbocycles. The first-order chi connectivity index (χ1) is 13.1. The fourth-order valence-corrected chi connectivity index (χ4v) is 3.48. The Kier molecular flexibility index (Phi) is 4.77. The molecule has 7 heteroatoms. The SMILES string of the molecule is Cc1cc(C)cc(-c2nnc(S[C@@H](C)c3nnc(-c4ccccc4)o3)o2)c1. The maximum absolute atomic E-state index is 5.81. The van der Waals surface area contributed by atoms with Crippen molar-refractivity contribution in [1.29, 1.82) is 0 Å². The zero-order chi connectivity index (χ0) is 18.8. The van der Waals surface area contributed by atoms with Gasteiger partial charge in [0.15, 0.2) is 0 Å². The molecule has 0 bridgehead atoms. The standard InChI is InChI=1S/C20H18N4O2S/c1-12-9-13(2)11-16(10-12)19-23-24-20(26-19)27-14(3)17-21-22-18(25-17)15-7-5-4-6-8-15/h4-11,14H,1-3H3/t14-/m0/s1. The molecule has 0 amide bonds. The van der Waals surface area contributed by atoms with Crippen molar-refractivity contribution < 1.29 is 8.83 Å². The fraction of sp³-hybridized carbons (Fsp3) is 0.200. The van der Waals surface area contributed by atoms with Gasteiger partial charge < -0.3 is 8.83 Å². The highest BCUT2D eigenvalue weighted by Crippen LogP contribution is 2.35. The highest BCUT2D eigenvalue weighted by atomic mass is 32.2. The second-order valence-electron chi connectivity index (χ2n) is 6.32. The molecule has 2 aromatic heterocycles. The van der Waals surface area contributed by atoms with Crippen LogP contribution < -0.4 is 0 Å². The monoisotopic (exact) mass is 378 g/mol. The number of hydrogen-bond acceptors (Lipinski definition) is 7. The maximum atomic E-state index is 5.81. The molecule has 2 heterocycles. The van der Waals surface area contributed by atoms with Gasteiger partial charge in [-0.25, -0.2) is 0 Å². The van der Waals surface area contributed by atoms with Crippen molar-refractivity contribution in [1.82, 2.24) is 20.4 Å². The van der Waals surface area contributed by atoms with E-state index in [0.29, 0.717) is 22.9 Å². The minimum atomic E-state index is -0.109. The lowest BCUT2D eigenvalue weighted by Gasteiger charge is -2.02. The smallest absolute Gasteiger partial charge is 0.277 e. The summed E-state index contributed by atoms with van der Waals surface area (Å²) in [6.07, 6.45) is 0. The Morgan fingerprint density at radius 2 is 1.44 bits per heavy atom. The van der Waals surface area contributed by atoms with Crippen LogP contribution in [0.4, 0.5) is 0 Å². The average Bonchev–Trinajstić information content (AvgIpc) is 3.31. The summed E-state index contributed by atoms with van der Waals surface area (Å²) in [6.45, 7) is 6.06. The van der Waals surface area contributed by atoms with Crippen LogP contribution in [0.15, 0.2) is 62.6 Å². The Labute approximate surface area is 161 Å². The zero-order valence-electron chi connectivity index (χ0n) is 15.2. The van der Waals surface area contributed by atoms with Gasteiger partial charge in [0.05, 0.1) is 5.25 Å². The van der Waals surface area contributed by atoms with E-state index in [1.165, 1.54) is 11.8 Å². The number of rotatable bonds is 5. The lowest BCUT2D eigenvalue weighted by molar-refractivity contribution is 0.461. The minimum absolute atomic E-state index is 0.109. The fourth-order valence-electron chi connectivity index (χ4n) is 2.77. The van der Waals surface area contributed by atoms with Crippen LogP contribution in [0.25, 0.3) is 22.9 Å². The van der Waals surface area contributed by atoms with E-state index >= 15 is 0 Å². The third-order valence-electron chi connectivity index (χ3n) is 3.96. The van der Waals surface area contributed by atoms with Gasteiger partial charge in [-0.1, -0.05) is 47.2 Å². The molecule has 6 nitrogen and oxygen atoms in total. The van der Waals surface area contributed by atoms with E-state index < -0.39 is 0 Å². The van der Waals surface area contributed by atoms with Gasteiger partial charge in [0.2, 0.25) is 17.7 Å². The predicted octanol–water partition coefficient (Wildman–Crippen LogP) is 5.26. The van der Waals surface area contributed by atoms with Crippen LogP contribution in [0.5, 0.6) is 0 Å². The van der Waals surface area contributed by atoms with E-state index in [2.05, 4.69) is 26.5 Å². The topological polar surface area (TPSA) is 77.8 Å². The molecule has 0 unspecified atom stereocenters. The Morgan fingerprint density at radius 1 is 0.778 bits per heavy atom. The first-order valence-electron chi connectivity index (χ1n) is 8.56. The van der Waals surface area contributed by atoms with E-state index in [9.17, 15) is 0 Å². The second-order valence-corrected chi connectivity index (χ2v) is 7.61. The van der Waals surface area contributed by atoms with Crippen LogP contribution in [-0.4, -0.2) is 20.4 Å². The highest BCUT2D eigenvalue weighted by Gasteiger charge is 2.20. The first-order valence-corrected chi connectivity index (χ1v) is 9.44. The van der Waals surface area contributed by atoms with Gasteiger partial charge in [0.25, 0.3) is 5.22 Å². The molecule has 27 heavy (non-hydrogen) atoms. The van der Waals surface area contributed by atoms with E-state index in [1.54, 1.807) is 0 Å². The Morgan fingerprint density at radius 3 is 2.19 bits per heavy atom. The third kappa shape index (κ3) is 3.93. The average molecular weight is 378 g/mol. The molecule has 0 fully saturated rings. The molecule has 136 valence electrons.